The van der Waals surface area contributed by atoms with Crippen LogP contribution in [0.25, 0.3) is 0 Å². The largest absolute Gasteiger partial charge is 0.387 e. The van der Waals surface area contributed by atoms with Crippen LogP contribution in [0.3, 0.4) is 0 Å². The number of unbranched alkanes of at least 4 members (excludes halogenated alkanes) is 5. The smallest absolute Gasteiger partial charge is 0.338 e. The molecule has 0 aromatic heterocycles. The Morgan fingerprint density at radius 2 is 1.27 bits per heavy atom. The molecule has 0 aliphatic carbocycles. The third-order valence-corrected chi connectivity index (χ3v) is 2.01. The minimum absolute atomic E-state index is 0.579. The van der Waals surface area contributed by atoms with Crippen molar-refractivity contribution < 1.29 is 14.3 Å². The Morgan fingerprint density at radius 3 is 1.47 bits per heavy atom. The summed E-state index contributed by atoms with van der Waals surface area (Å²) in [6.07, 6.45) is 10.7. The molecule has 0 saturated carbocycles. The van der Waals surface area contributed by atoms with Gasteiger partial charge in [0, 0.05) is 12.2 Å². The summed E-state index contributed by atoms with van der Waals surface area (Å²) in [5, 5.41) is 0. The van der Waals surface area contributed by atoms with Crippen molar-refractivity contribution in [1.82, 2.24) is 0 Å². The molecule has 0 unspecified atom stereocenters. The molecular weight excluding hydrogens is 192 g/mol. The molecule has 0 bridgehead atoms. The Balaban J connectivity index is 0.000000262. The van der Waals surface area contributed by atoms with Crippen LogP contribution in [-0.4, -0.2) is 11.9 Å². The number of carbonyl (C=O) groups excluding carboxylic acids is 2. The summed E-state index contributed by atoms with van der Waals surface area (Å²) in [6.45, 7) is 4.51. The first-order valence-electron chi connectivity index (χ1n) is 5.64. The van der Waals surface area contributed by atoms with Crippen molar-refractivity contribution in [2.75, 3.05) is 0 Å². The number of carbonyl (C=O) groups is 2. The second kappa shape index (κ2) is 9.44. The van der Waals surface area contributed by atoms with Crippen LogP contribution in [0.5, 0.6) is 0 Å². The number of rotatable bonds is 5. The molecular formula is C12H20O3. The fourth-order valence-corrected chi connectivity index (χ4v) is 1.16. The van der Waals surface area contributed by atoms with Crippen LogP contribution in [0.1, 0.15) is 52.4 Å². The highest BCUT2D eigenvalue weighted by atomic mass is 16.6. The highest BCUT2D eigenvalue weighted by molar-refractivity contribution is 6.04. The van der Waals surface area contributed by atoms with Gasteiger partial charge in [-0.25, -0.2) is 9.59 Å². The zero-order valence-electron chi connectivity index (χ0n) is 9.62. The molecule has 1 rings (SSSR count). The molecule has 86 valence electrons. The summed E-state index contributed by atoms with van der Waals surface area (Å²) in [7, 11) is 0. The first-order valence-corrected chi connectivity index (χ1v) is 5.64. The van der Waals surface area contributed by atoms with Crippen LogP contribution in [-0.2, 0) is 14.3 Å². The molecule has 0 atom stereocenters. The molecule has 3 nitrogen and oxygen atoms in total. The summed E-state index contributed by atoms with van der Waals surface area (Å²) < 4.78 is 3.97. The van der Waals surface area contributed by atoms with Gasteiger partial charge in [-0.2, -0.15) is 0 Å². The van der Waals surface area contributed by atoms with E-state index in [0.717, 1.165) is 12.2 Å². The van der Waals surface area contributed by atoms with E-state index in [0.29, 0.717) is 0 Å². The van der Waals surface area contributed by atoms with Gasteiger partial charge >= 0.3 is 11.9 Å². The van der Waals surface area contributed by atoms with Crippen LogP contribution in [0, 0.1) is 0 Å². The average molecular weight is 212 g/mol. The first-order chi connectivity index (χ1) is 7.20. The van der Waals surface area contributed by atoms with Crippen molar-refractivity contribution in [2.45, 2.75) is 52.4 Å². The molecule has 0 aromatic rings. The molecule has 0 radical (unpaired) electrons. The van der Waals surface area contributed by atoms with Crippen LogP contribution in [0.4, 0.5) is 0 Å². The van der Waals surface area contributed by atoms with E-state index in [1.807, 2.05) is 0 Å². The van der Waals surface area contributed by atoms with E-state index in [9.17, 15) is 9.59 Å². The molecule has 0 saturated heterocycles. The van der Waals surface area contributed by atoms with E-state index in [1.165, 1.54) is 38.5 Å². The van der Waals surface area contributed by atoms with Crippen molar-refractivity contribution in [3.63, 3.8) is 0 Å². The zero-order valence-corrected chi connectivity index (χ0v) is 9.62. The lowest BCUT2D eigenvalue weighted by Gasteiger charge is -1.93. The van der Waals surface area contributed by atoms with Gasteiger partial charge in [0.25, 0.3) is 0 Å². The Labute approximate surface area is 91.5 Å². The minimum Gasteiger partial charge on any atom is -0.387 e. The Hall–Kier alpha value is -1.12. The lowest BCUT2D eigenvalue weighted by molar-refractivity contribution is -0.150. The molecule has 1 aliphatic rings. The summed E-state index contributed by atoms with van der Waals surface area (Å²) in [6, 6.07) is 0. The SMILES string of the molecule is CCCCCCCC.O=C1C=CC(=O)O1. The van der Waals surface area contributed by atoms with Gasteiger partial charge in [0.05, 0.1) is 0 Å². The fourth-order valence-electron chi connectivity index (χ4n) is 1.16. The molecule has 0 spiro atoms. The van der Waals surface area contributed by atoms with Gasteiger partial charge in [-0.3, -0.25) is 0 Å². The zero-order chi connectivity index (χ0) is 11.5. The summed E-state index contributed by atoms with van der Waals surface area (Å²) in [4.78, 5) is 19.8. The number of esters is 2. The molecule has 1 aliphatic heterocycles. The van der Waals surface area contributed by atoms with Crippen molar-refractivity contribution in [2.24, 2.45) is 0 Å². The first kappa shape index (κ1) is 13.9. The van der Waals surface area contributed by atoms with Crippen LogP contribution >= 0.6 is 0 Å². The molecule has 3 heteroatoms. The van der Waals surface area contributed by atoms with Crippen LogP contribution in [0.2, 0.25) is 0 Å². The highest BCUT2D eigenvalue weighted by Gasteiger charge is 2.10. The van der Waals surface area contributed by atoms with Crippen molar-refractivity contribution in [1.29, 1.82) is 0 Å². The molecule has 1 heterocycles. The van der Waals surface area contributed by atoms with Crippen molar-refractivity contribution >= 4 is 11.9 Å². The number of hydrogen-bond acceptors (Lipinski definition) is 3. The van der Waals surface area contributed by atoms with Gasteiger partial charge in [-0.15, -0.1) is 0 Å². The van der Waals surface area contributed by atoms with Gasteiger partial charge in [0.15, 0.2) is 0 Å². The van der Waals surface area contributed by atoms with E-state index in [-0.39, 0.29) is 0 Å². The maximum absolute atomic E-state index is 9.92. The lowest BCUT2D eigenvalue weighted by atomic mass is 10.1. The Bertz CT molecular complexity index is 197. The van der Waals surface area contributed by atoms with Crippen molar-refractivity contribution in [3.8, 4) is 0 Å². The van der Waals surface area contributed by atoms with Gasteiger partial charge in [0.2, 0.25) is 0 Å². The Morgan fingerprint density at radius 1 is 0.867 bits per heavy atom. The fraction of sp³-hybridized carbons (Fsp3) is 0.667. The van der Waals surface area contributed by atoms with E-state index in [4.69, 9.17) is 0 Å². The normalized spacial score (nSPS) is 13.5. The third kappa shape index (κ3) is 9.19. The highest BCUT2D eigenvalue weighted by Crippen LogP contribution is 2.03. The second-order valence-corrected chi connectivity index (χ2v) is 3.49. The third-order valence-electron chi connectivity index (χ3n) is 2.01. The maximum Gasteiger partial charge on any atom is 0.338 e. The minimum atomic E-state index is -0.579. The van der Waals surface area contributed by atoms with Crippen LogP contribution in [0.15, 0.2) is 12.2 Å². The molecule has 0 amide bonds. The number of cyclic esters (lactones) is 2. The summed E-state index contributed by atoms with van der Waals surface area (Å²) in [5.41, 5.74) is 0. The number of ether oxygens (including phenoxy) is 1. The van der Waals surface area contributed by atoms with Gasteiger partial charge in [0.1, 0.15) is 0 Å². The monoisotopic (exact) mass is 212 g/mol. The second-order valence-electron chi connectivity index (χ2n) is 3.49. The van der Waals surface area contributed by atoms with E-state index in [2.05, 4.69) is 18.6 Å². The molecule has 0 N–H and O–H groups in total. The van der Waals surface area contributed by atoms with E-state index < -0.39 is 11.9 Å². The van der Waals surface area contributed by atoms with E-state index in [1.54, 1.807) is 0 Å². The van der Waals surface area contributed by atoms with Crippen LogP contribution < -0.4 is 0 Å². The molecule has 0 fully saturated rings. The van der Waals surface area contributed by atoms with Gasteiger partial charge in [-0.05, 0) is 0 Å². The van der Waals surface area contributed by atoms with Gasteiger partial charge in [-0.1, -0.05) is 52.4 Å². The predicted molar refractivity (Wildman–Crippen MR) is 59.3 cm³/mol. The van der Waals surface area contributed by atoms with Crippen molar-refractivity contribution in [3.05, 3.63) is 12.2 Å². The van der Waals surface area contributed by atoms with Gasteiger partial charge < -0.3 is 4.74 Å². The Kier molecular flexibility index (Phi) is 8.73. The molecule has 15 heavy (non-hydrogen) atoms. The maximum atomic E-state index is 9.92. The topological polar surface area (TPSA) is 43.4 Å². The quantitative estimate of drug-likeness (QED) is 0.399. The predicted octanol–water partition coefficient (Wildman–Crippen LogP) is 2.99. The standard InChI is InChI=1S/C8H18.C4H2O3/c1-3-5-7-8-6-4-2;5-3-1-2-4(6)7-3/h3-8H2,1-2H3;1-2H. The van der Waals surface area contributed by atoms with E-state index >= 15 is 0 Å². The summed E-state index contributed by atoms with van der Waals surface area (Å²) >= 11 is 0. The average Bonchev–Trinajstić information content (AvgIpc) is 2.58. The summed E-state index contributed by atoms with van der Waals surface area (Å²) in [5.74, 6) is -1.16. The molecule has 0 aromatic carbocycles. The number of hydrogen-bond donors (Lipinski definition) is 0. The lowest BCUT2D eigenvalue weighted by Crippen LogP contribution is -1.96.